The molecule has 0 radical (unpaired) electrons. The molecule has 7 nitrogen and oxygen atoms in total. The van der Waals surface area contributed by atoms with Crippen LogP contribution in [0.5, 0.6) is 0 Å². The molecular weight excluding hydrogens is 276 g/mol. The average Bonchev–Trinajstić information content (AvgIpc) is 2.43. The predicted octanol–water partition coefficient (Wildman–Crippen LogP) is 1.75. The highest BCUT2D eigenvalue weighted by Gasteiger charge is 2.25. The van der Waals surface area contributed by atoms with E-state index in [-0.39, 0.29) is 18.0 Å². The van der Waals surface area contributed by atoms with Gasteiger partial charge in [0, 0.05) is 12.1 Å². The topological polar surface area (TPSA) is 110 Å². The number of nitro groups is 1. The maximum Gasteiger partial charge on any atom is 0.326 e. The van der Waals surface area contributed by atoms with E-state index in [9.17, 15) is 19.7 Å². The number of carboxylic acids is 1. The lowest BCUT2D eigenvalue weighted by atomic mass is 9.99. The lowest BCUT2D eigenvalue weighted by Crippen LogP contribution is -2.45. The van der Waals surface area contributed by atoms with Crippen molar-refractivity contribution in [3.63, 3.8) is 0 Å². The molecule has 1 amide bonds. The summed E-state index contributed by atoms with van der Waals surface area (Å²) >= 11 is 0. The standard InChI is InChI=1S/C14H18N2O5/c1-3-9(2)13(14(18)19)15-12(17)8-10-5-4-6-11(7-10)16(20)21/h4-7,9,13H,3,8H2,1-2H3,(H,15,17)(H,18,19)/t9-,13-/m1/s1. The Bertz CT molecular complexity index is 544. The minimum Gasteiger partial charge on any atom is -0.480 e. The van der Waals surface area contributed by atoms with Gasteiger partial charge in [-0.25, -0.2) is 4.79 Å². The first-order chi connectivity index (χ1) is 9.85. The minimum atomic E-state index is -1.09. The van der Waals surface area contributed by atoms with Crippen molar-refractivity contribution < 1.29 is 19.6 Å². The fourth-order valence-corrected chi connectivity index (χ4v) is 1.87. The predicted molar refractivity (Wildman–Crippen MR) is 75.8 cm³/mol. The van der Waals surface area contributed by atoms with Gasteiger partial charge in [0.05, 0.1) is 11.3 Å². The number of carbonyl (C=O) groups excluding carboxylic acids is 1. The number of nitro benzene ring substituents is 1. The summed E-state index contributed by atoms with van der Waals surface area (Å²) in [5, 5.41) is 22.2. The number of rotatable bonds is 7. The Morgan fingerprint density at radius 1 is 1.43 bits per heavy atom. The third-order valence-corrected chi connectivity index (χ3v) is 3.28. The van der Waals surface area contributed by atoms with Crippen LogP contribution in [0.3, 0.4) is 0 Å². The Hall–Kier alpha value is -2.44. The van der Waals surface area contributed by atoms with Gasteiger partial charge in [0.25, 0.3) is 5.69 Å². The van der Waals surface area contributed by atoms with Gasteiger partial charge in [-0.3, -0.25) is 14.9 Å². The molecule has 114 valence electrons. The van der Waals surface area contributed by atoms with Crippen LogP contribution in [0, 0.1) is 16.0 Å². The number of amides is 1. The molecule has 0 heterocycles. The Morgan fingerprint density at radius 2 is 2.10 bits per heavy atom. The van der Waals surface area contributed by atoms with Gasteiger partial charge in [-0.1, -0.05) is 32.4 Å². The van der Waals surface area contributed by atoms with E-state index in [0.717, 1.165) is 0 Å². The van der Waals surface area contributed by atoms with Crippen molar-refractivity contribution in [2.75, 3.05) is 0 Å². The molecule has 7 heteroatoms. The fourth-order valence-electron chi connectivity index (χ4n) is 1.87. The molecule has 2 N–H and O–H groups in total. The molecule has 0 aromatic heterocycles. The smallest absolute Gasteiger partial charge is 0.326 e. The monoisotopic (exact) mass is 294 g/mol. The van der Waals surface area contributed by atoms with Gasteiger partial charge < -0.3 is 10.4 Å². The van der Waals surface area contributed by atoms with E-state index < -0.39 is 22.8 Å². The molecule has 0 saturated carbocycles. The average molecular weight is 294 g/mol. The molecule has 0 saturated heterocycles. The van der Waals surface area contributed by atoms with E-state index in [1.165, 1.54) is 18.2 Å². The molecule has 21 heavy (non-hydrogen) atoms. The maximum atomic E-state index is 11.9. The van der Waals surface area contributed by atoms with Crippen molar-refractivity contribution >= 4 is 17.6 Å². The molecule has 0 unspecified atom stereocenters. The molecule has 0 fully saturated rings. The highest BCUT2D eigenvalue weighted by atomic mass is 16.6. The number of non-ortho nitro benzene ring substituents is 1. The number of hydrogen-bond acceptors (Lipinski definition) is 4. The van der Waals surface area contributed by atoms with Crippen LogP contribution in [0.4, 0.5) is 5.69 Å². The van der Waals surface area contributed by atoms with Crippen molar-refractivity contribution in [2.24, 2.45) is 5.92 Å². The molecule has 0 aliphatic rings. The van der Waals surface area contributed by atoms with E-state index in [0.29, 0.717) is 12.0 Å². The molecule has 1 aromatic rings. The SMILES string of the molecule is CC[C@@H](C)[C@@H](NC(=O)Cc1cccc([N+](=O)[O-])c1)C(=O)O. The Balaban J connectivity index is 2.74. The second-order valence-corrected chi connectivity index (χ2v) is 4.87. The van der Waals surface area contributed by atoms with Crippen LogP contribution in [0.25, 0.3) is 0 Å². The van der Waals surface area contributed by atoms with Crippen molar-refractivity contribution in [3.05, 3.63) is 39.9 Å². The summed E-state index contributed by atoms with van der Waals surface area (Å²) < 4.78 is 0. The Kier molecular flexibility index (Phi) is 5.83. The van der Waals surface area contributed by atoms with Gasteiger partial charge in [0.15, 0.2) is 0 Å². The zero-order chi connectivity index (χ0) is 16.0. The first-order valence-electron chi connectivity index (χ1n) is 6.60. The molecule has 1 rings (SSSR count). The number of carboxylic acid groups (broad SMARTS) is 1. The minimum absolute atomic E-state index is 0.0953. The zero-order valence-corrected chi connectivity index (χ0v) is 11.9. The summed E-state index contributed by atoms with van der Waals surface area (Å²) in [6, 6.07) is 4.76. The van der Waals surface area contributed by atoms with Crippen molar-refractivity contribution in [3.8, 4) is 0 Å². The second kappa shape index (κ2) is 7.37. The first-order valence-corrected chi connectivity index (χ1v) is 6.60. The van der Waals surface area contributed by atoms with Crippen LogP contribution >= 0.6 is 0 Å². The highest BCUT2D eigenvalue weighted by Crippen LogP contribution is 2.14. The van der Waals surface area contributed by atoms with Gasteiger partial charge in [-0.15, -0.1) is 0 Å². The Labute approximate surface area is 122 Å². The summed E-state index contributed by atoms with van der Waals surface area (Å²) in [5.41, 5.74) is 0.368. The van der Waals surface area contributed by atoms with Gasteiger partial charge in [-0.2, -0.15) is 0 Å². The first kappa shape index (κ1) is 16.6. The van der Waals surface area contributed by atoms with E-state index in [4.69, 9.17) is 5.11 Å². The highest BCUT2D eigenvalue weighted by molar-refractivity contribution is 5.85. The lowest BCUT2D eigenvalue weighted by Gasteiger charge is -2.20. The second-order valence-electron chi connectivity index (χ2n) is 4.87. The summed E-state index contributed by atoms with van der Waals surface area (Å²) in [4.78, 5) is 33.1. The van der Waals surface area contributed by atoms with E-state index >= 15 is 0 Å². The molecule has 2 atom stereocenters. The fraction of sp³-hybridized carbons (Fsp3) is 0.429. The molecule has 0 aliphatic heterocycles. The van der Waals surface area contributed by atoms with Crippen molar-refractivity contribution in [1.82, 2.24) is 5.32 Å². The summed E-state index contributed by atoms with van der Waals surface area (Å²) in [5.74, 6) is -1.75. The number of hydrogen-bond donors (Lipinski definition) is 2. The van der Waals surface area contributed by atoms with E-state index in [2.05, 4.69) is 5.32 Å². The summed E-state index contributed by atoms with van der Waals surface area (Å²) in [7, 11) is 0. The van der Waals surface area contributed by atoms with Crippen molar-refractivity contribution in [1.29, 1.82) is 0 Å². The summed E-state index contributed by atoms with van der Waals surface area (Å²) in [6.45, 7) is 3.58. The van der Waals surface area contributed by atoms with Gasteiger partial charge in [-0.05, 0) is 11.5 Å². The van der Waals surface area contributed by atoms with Crippen LogP contribution in [0.1, 0.15) is 25.8 Å². The summed E-state index contributed by atoms with van der Waals surface area (Å²) in [6.07, 6.45) is 0.524. The number of benzene rings is 1. The van der Waals surface area contributed by atoms with Crippen LogP contribution in [-0.2, 0) is 16.0 Å². The van der Waals surface area contributed by atoms with Crippen LogP contribution in [-0.4, -0.2) is 27.9 Å². The lowest BCUT2D eigenvalue weighted by molar-refractivity contribution is -0.384. The number of aliphatic carboxylic acids is 1. The van der Waals surface area contributed by atoms with E-state index in [1.54, 1.807) is 13.0 Å². The Morgan fingerprint density at radius 3 is 2.62 bits per heavy atom. The van der Waals surface area contributed by atoms with Crippen LogP contribution < -0.4 is 5.32 Å². The molecule has 0 spiro atoms. The zero-order valence-electron chi connectivity index (χ0n) is 11.9. The van der Waals surface area contributed by atoms with E-state index in [1.807, 2.05) is 6.92 Å². The normalized spacial score (nSPS) is 13.2. The van der Waals surface area contributed by atoms with Gasteiger partial charge in [0.2, 0.25) is 5.91 Å². The molecule has 1 aromatic carbocycles. The van der Waals surface area contributed by atoms with Gasteiger partial charge in [0.1, 0.15) is 6.04 Å². The third kappa shape index (κ3) is 4.87. The maximum absolute atomic E-state index is 11.9. The number of nitrogens with one attached hydrogen (secondary N) is 1. The van der Waals surface area contributed by atoms with Gasteiger partial charge >= 0.3 is 5.97 Å². The molecule has 0 aliphatic carbocycles. The quantitative estimate of drug-likeness (QED) is 0.588. The number of nitrogens with zero attached hydrogens (tertiary/aromatic N) is 1. The van der Waals surface area contributed by atoms with Crippen molar-refractivity contribution in [2.45, 2.75) is 32.7 Å². The van der Waals surface area contributed by atoms with Crippen LogP contribution in [0.15, 0.2) is 24.3 Å². The largest absolute Gasteiger partial charge is 0.480 e. The third-order valence-electron chi connectivity index (χ3n) is 3.28. The number of carbonyl (C=O) groups is 2. The van der Waals surface area contributed by atoms with Crippen LogP contribution in [0.2, 0.25) is 0 Å². The molecule has 0 bridgehead atoms. The molecular formula is C14H18N2O5.